The number of rotatable bonds is 8. The van der Waals surface area contributed by atoms with Crippen LogP contribution < -0.4 is 11.3 Å². The first-order chi connectivity index (χ1) is 13.7. The van der Waals surface area contributed by atoms with E-state index >= 15 is 0 Å². The summed E-state index contributed by atoms with van der Waals surface area (Å²) in [7, 11) is -16.3. The topological polar surface area (TPSA) is 259 Å². The van der Waals surface area contributed by atoms with Crippen LogP contribution in [0, 0.1) is 0 Å². The summed E-state index contributed by atoms with van der Waals surface area (Å²) in [6.45, 7) is -0.580. The summed E-state index contributed by atoms with van der Waals surface area (Å²) < 4.78 is 52.5. The first kappa shape index (κ1) is 23.2. The van der Waals surface area contributed by atoms with Crippen molar-refractivity contribution < 1.29 is 51.2 Å². The van der Waals surface area contributed by atoms with Crippen molar-refractivity contribution in [3.05, 3.63) is 16.7 Å². The van der Waals surface area contributed by atoms with Gasteiger partial charge in [0.2, 0.25) is 5.95 Å². The SMILES string of the molecule is Nc1nc2c(ncn2[C@@H]2CC[C@H](COP(=O)(O)OP(=O)(O)OP(=O)(O)O)O2)c(=O)[nH]1. The average Bonchev–Trinajstić information content (AvgIpc) is 3.15. The molecule has 0 amide bonds. The molecular weight excluding hydrogens is 475 g/mol. The number of nitrogens with one attached hydrogen (secondary N) is 1. The molecule has 4 atom stereocenters. The van der Waals surface area contributed by atoms with Gasteiger partial charge in [-0.25, -0.2) is 18.7 Å². The molecule has 1 saturated heterocycles. The largest absolute Gasteiger partial charge is 0.490 e. The van der Waals surface area contributed by atoms with Crippen molar-refractivity contribution >= 4 is 40.6 Å². The van der Waals surface area contributed by atoms with Crippen LogP contribution in [0.3, 0.4) is 0 Å². The van der Waals surface area contributed by atoms with Crippen LogP contribution in [-0.4, -0.2) is 51.8 Å². The summed E-state index contributed by atoms with van der Waals surface area (Å²) in [5.74, 6) is -0.128. The molecule has 30 heavy (non-hydrogen) atoms. The van der Waals surface area contributed by atoms with Gasteiger partial charge >= 0.3 is 23.5 Å². The molecule has 7 N–H and O–H groups in total. The number of aromatic amines is 1. The molecule has 0 aliphatic carbocycles. The van der Waals surface area contributed by atoms with E-state index in [1.165, 1.54) is 10.9 Å². The number of hydrogen-bond acceptors (Lipinski definition) is 11. The van der Waals surface area contributed by atoms with Gasteiger partial charge in [-0.05, 0) is 12.8 Å². The third kappa shape index (κ3) is 5.81. The fraction of sp³-hybridized carbons (Fsp3) is 0.500. The lowest BCUT2D eigenvalue weighted by molar-refractivity contribution is -0.0205. The van der Waals surface area contributed by atoms with Crippen LogP contribution in [0.1, 0.15) is 19.1 Å². The van der Waals surface area contributed by atoms with Crippen LogP contribution in [0.4, 0.5) is 5.95 Å². The Morgan fingerprint density at radius 2 is 1.90 bits per heavy atom. The number of ether oxygens (including phenoxy) is 1. The Labute approximate surface area is 166 Å². The van der Waals surface area contributed by atoms with Gasteiger partial charge < -0.3 is 30.0 Å². The Morgan fingerprint density at radius 1 is 1.20 bits per heavy atom. The zero-order valence-corrected chi connectivity index (χ0v) is 17.4. The highest BCUT2D eigenvalue weighted by Gasteiger charge is 2.41. The minimum Gasteiger partial charge on any atom is -0.369 e. The lowest BCUT2D eigenvalue weighted by Gasteiger charge is -2.18. The van der Waals surface area contributed by atoms with Crippen LogP contribution in [0.15, 0.2) is 11.1 Å². The Hall–Kier alpha value is -1.48. The van der Waals surface area contributed by atoms with Crippen LogP contribution >= 0.6 is 23.5 Å². The summed E-state index contributed by atoms with van der Waals surface area (Å²) in [4.78, 5) is 57.6. The van der Waals surface area contributed by atoms with Gasteiger partial charge in [-0.1, -0.05) is 0 Å². The van der Waals surface area contributed by atoms with Gasteiger partial charge in [0.25, 0.3) is 5.56 Å². The minimum absolute atomic E-state index is 0.0320. The highest BCUT2D eigenvalue weighted by Crippen LogP contribution is 2.66. The van der Waals surface area contributed by atoms with Crippen LogP contribution in [-0.2, 0) is 31.6 Å². The maximum atomic E-state index is 11.8. The Kier molecular flexibility index (Phi) is 6.35. The molecule has 3 heterocycles. The minimum atomic E-state index is -5.59. The second kappa shape index (κ2) is 8.22. The zero-order chi connectivity index (χ0) is 22.3. The van der Waals surface area contributed by atoms with Gasteiger partial charge in [-0.3, -0.25) is 18.9 Å². The summed E-state index contributed by atoms with van der Waals surface area (Å²) in [6.07, 6.45) is 0.528. The number of nitrogens with zero attached hydrogens (tertiary/aromatic N) is 3. The van der Waals surface area contributed by atoms with E-state index in [2.05, 4.69) is 28.1 Å². The molecule has 3 rings (SSSR count). The maximum absolute atomic E-state index is 11.8. The van der Waals surface area contributed by atoms with Gasteiger partial charge in [0.05, 0.1) is 19.0 Å². The number of phosphoric ester groups is 1. The van der Waals surface area contributed by atoms with Crippen molar-refractivity contribution in [1.82, 2.24) is 19.5 Å². The van der Waals surface area contributed by atoms with E-state index in [1.54, 1.807) is 0 Å². The normalized spacial score (nSPS) is 24.0. The first-order valence-electron chi connectivity index (χ1n) is 7.91. The Bertz CT molecular complexity index is 1140. The van der Waals surface area contributed by atoms with Crippen LogP contribution in [0.2, 0.25) is 0 Å². The molecule has 168 valence electrons. The number of imidazole rings is 1. The van der Waals surface area contributed by atoms with Crippen molar-refractivity contribution in [2.24, 2.45) is 0 Å². The van der Waals surface area contributed by atoms with Gasteiger partial charge in [0, 0.05) is 0 Å². The van der Waals surface area contributed by atoms with Gasteiger partial charge in [0.15, 0.2) is 11.2 Å². The highest BCUT2D eigenvalue weighted by molar-refractivity contribution is 7.66. The predicted octanol–water partition coefficient (Wildman–Crippen LogP) is -0.277. The lowest BCUT2D eigenvalue weighted by Crippen LogP contribution is -2.17. The summed E-state index contributed by atoms with van der Waals surface area (Å²) in [6, 6.07) is 0. The molecule has 20 heteroatoms. The lowest BCUT2D eigenvalue weighted by atomic mass is 10.2. The van der Waals surface area contributed by atoms with Crippen molar-refractivity contribution in [2.75, 3.05) is 12.3 Å². The zero-order valence-electron chi connectivity index (χ0n) is 14.7. The number of anilines is 1. The molecular formula is C10H16N5O12P3. The molecule has 2 aromatic heterocycles. The standard InChI is InChI=1S/C10H16N5O12P3/c11-10-13-8-7(9(16)14-10)12-4-15(8)6-2-1-5(25-6)3-24-29(20,21)27-30(22,23)26-28(17,18)19/h4-6H,1-3H2,(H,20,21)(H,22,23)(H2,17,18,19)(H3,11,13,14,16)/t5-,6+/m1/s1. The van der Waals surface area contributed by atoms with E-state index < -0.39 is 48.0 Å². The van der Waals surface area contributed by atoms with Gasteiger partial charge in [0.1, 0.15) is 6.23 Å². The number of nitrogen functional groups attached to an aromatic ring is 1. The second-order valence-corrected chi connectivity index (χ2v) is 10.4. The van der Waals surface area contributed by atoms with E-state index in [1.807, 2.05) is 0 Å². The highest BCUT2D eigenvalue weighted by atomic mass is 31.3. The molecule has 0 aromatic carbocycles. The van der Waals surface area contributed by atoms with E-state index in [9.17, 15) is 23.4 Å². The summed E-state index contributed by atoms with van der Waals surface area (Å²) in [5, 5.41) is 0. The van der Waals surface area contributed by atoms with Crippen LogP contribution in [0.5, 0.6) is 0 Å². The number of fused-ring (bicyclic) bond motifs is 1. The fourth-order valence-corrected chi connectivity index (χ4v) is 5.70. The number of H-pyrrole nitrogens is 1. The molecule has 17 nitrogen and oxygen atoms in total. The van der Waals surface area contributed by atoms with Gasteiger partial charge in [-0.15, -0.1) is 0 Å². The van der Waals surface area contributed by atoms with Crippen molar-refractivity contribution in [1.29, 1.82) is 0 Å². The molecule has 0 spiro atoms. The van der Waals surface area contributed by atoms with Gasteiger partial charge in [-0.2, -0.15) is 13.6 Å². The summed E-state index contributed by atoms with van der Waals surface area (Å²) in [5.41, 5.74) is 5.17. The van der Waals surface area contributed by atoms with E-state index in [0.717, 1.165) is 0 Å². The quantitative estimate of drug-likeness (QED) is 0.260. The molecule has 1 aliphatic rings. The molecule has 0 radical (unpaired) electrons. The number of phosphoric acid groups is 3. The van der Waals surface area contributed by atoms with Crippen molar-refractivity contribution in [3.63, 3.8) is 0 Å². The van der Waals surface area contributed by atoms with E-state index in [0.29, 0.717) is 12.8 Å². The third-order valence-corrected chi connectivity index (χ3v) is 7.49. The second-order valence-electron chi connectivity index (χ2n) is 5.95. The molecule has 0 saturated carbocycles. The molecule has 1 aliphatic heterocycles. The summed E-state index contributed by atoms with van der Waals surface area (Å²) >= 11 is 0. The van der Waals surface area contributed by atoms with E-state index in [-0.39, 0.29) is 17.1 Å². The van der Waals surface area contributed by atoms with Crippen molar-refractivity contribution in [2.45, 2.75) is 25.2 Å². The fourth-order valence-electron chi connectivity index (χ4n) is 2.65. The maximum Gasteiger partial charge on any atom is 0.490 e. The number of nitrogens with two attached hydrogens (primary N) is 1. The number of aromatic nitrogens is 4. The first-order valence-corrected chi connectivity index (χ1v) is 12.4. The molecule has 0 bridgehead atoms. The molecule has 1 fully saturated rings. The Morgan fingerprint density at radius 3 is 2.57 bits per heavy atom. The third-order valence-electron chi connectivity index (χ3n) is 3.69. The number of hydrogen-bond donors (Lipinski definition) is 6. The van der Waals surface area contributed by atoms with Crippen molar-refractivity contribution in [3.8, 4) is 0 Å². The smallest absolute Gasteiger partial charge is 0.369 e. The van der Waals surface area contributed by atoms with E-state index in [4.69, 9.17) is 25.2 Å². The average molecular weight is 491 g/mol. The molecule has 2 unspecified atom stereocenters. The Balaban J connectivity index is 1.62. The monoisotopic (exact) mass is 491 g/mol. The predicted molar refractivity (Wildman–Crippen MR) is 95.5 cm³/mol. The van der Waals surface area contributed by atoms with Crippen LogP contribution in [0.25, 0.3) is 11.2 Å². The molecule has 2 aromatic rings.